The van der Waals surface area contributed by atoms with E-state index in [0.717, 1.165) is 50.4 Å². The molecule has 0 aromatic heterocycles. The van der Waals surface area contributed by atoms with Crippen LogP contribution in [0.5, 0.6) is 0 Å². The number of ether oxygens (including phenoxy) is 2. The van der Waals surface area contributed by atoms with Crippen molar-refractivity contribution in [3.05, 3.63) is 0 Å². The predicted molar refractivity (Wildman–Crippen MR) is 132 cm³/mol. The molecule has 0 saturated heterocycles. The summed E-state index contributed by atoms with van der Waals surface area (Å²) in [5, 5.41) is 0. The monoisotopic (exact) mass is 452 g/mol. The minimum atomic E-state index is -0.0690. The summed E-state index contributed by atoms with van der Waals surface area (Å²) in [5.41, 5.74) is 0. The Morgan fingerprint density at radius 1 is 0.625 bits per heavy atom. The zero-order valence-corrected chi connectivity index (χ0v) is 22.0. The highest BCUT2D eigenvalue weighted by Crippen LogP contribution is 2.31. The van der Waals surface area contributed by atoms with Gasteiger partial charge in [0.25, 0.3) is 0 Å². The largest absolute Gasteiger partial charge is 0.465 e. The van der Waals surface area contributed by atoms with Crippen molar-refractivity contribution < 1.29 is 19.1 Å². The lowest BCUT2D eigenvalue weighted by molar-refractivity contribution is -0.156. The van der Waals surface area contributed by atoms with E-state index in [1.807, 2.05) is 0 Å². The molecule has 4 heteroatoms. The van der Waals surface area contributed by atoms with Crippen LogP contribution in [-0.4, -0.2) is 25.2 Å². The Kier molecular flexibility index (Phi) is 15.0. The molecule has 1 rings (SSSR count). The standard InChI is InChI=1S/C28H52O4/c1-7-21(3)11-9-13-23(5)19-31-27(29)25-15-17-26(18-16-25)28(30)32-20-24(6)14-10-12-22(4)8-2/h21-26H,7-20H2,1-6H3. The quantitative estimate of drug-likeness (QED) is 0.226. The van der Waals surface area contributed by atoms with Gasteiger partial charge in [-0.05, 0) is 62.2 Å². The minimum Gasteiger partial charge on any atom is -0.465 e. The Hall–Kier alpha value is -1.06. The normalized spacial score (nSPS) is 22.6. The molecule has 1 saturated carbocycles. The average molecular weight is 453 g/mol. The molecule has 1 aliphatic rings. The smallest absolute Gasteiger partial charge is 0.308 e. The molecule has 0 spiro atoms. The Balaban J connectivity index is 2.18. The zero-order chi connectivity index (χ0) is 23.9. The van der Waals surface area contributed by atoms with E-state index >= 15 is 0 Å². The summed E-state index contributed by atoms with van der Waals surface area (Å²) in [6.07, 6.45) is 12.6. The summed E-state index contributed by atoms with van der Waals surface area (Å²) in [6.45, 7) is 14.5. The molecular weight excluding hydrogens is 400 g/mol. The van der Waals surface area contributed by atoms with E-state index in [-0.39, 0.29) is 23.8 Å². The van der Waals surface area contributed by atoms with Crippen LogP contribution < -0.4 is 0 Å². The Labute approximate surface area is 198 Å². The fourth-order valence-corrected chi connectivity index (χ4v) is 4.45. The van der Waals surface area contributed by atoms with Gasteiger partial charge < -0.3 is 9.47 Å². The topological polar surface area (TPSA) is 52.6 Å². The molecular formula is C28H52O4. The number of carbonyl (C=O) groups is 2. The van der Waals surface area contributed by atoms with E-state index in [9.17, 15) is 9.59 Å². The molecule has 188 valence electrons. The number of esters is 2. The fraction of sp³-hybridized carbons (Fsp3) is 0.929. The van der Waals surface area contributed by atoms with Crippen LogP contribution in [0, 0.1) is 35.5 Å². The summed E-state index contributed by atoms with van der Waals surface area (Å²) in [4.78, 5) is 24.9. The second-order valence-electron chi connectivity index (χ2n) is 10.9. The van der Waals surface area contributed by atoms with Crippen LogP contribution >= 0.6 is 0 Å². The Morgan fingerprint density at radius 3 is 1.25 bits per heavy atom. The number of hydrogen-bond acceptors (Lipinski definition) is 4. The van der Waals surface area contributed by atoms with Crippen LogP contribution in [0.1, 0.15) is 119 Å². The molecule has 1 fully saturated rings. The molecule has 4 atom stereocenters. The average Bonchev–Trinajstić information content (AvgIpc) is 2.80. The third-order valence-electron chi connectivity index (χ3n) is 7.60. The molecule has 0 aliphatic heterocycles. The maximum Gasteiger partial charge on any atom is 0.308 e. The number of rotatable bonds is 16. The first kappa shape index (κ1) is 29.0. The number of hydrogen-bond donors (Lipinski definition) is 0. The molecule has 0 bridgehead atoms. The first-order valence-electron chi connectivity index (χ1n) is 13.6. The highest BCUT2D eigenvalue weighted by Gasteiger charge is 2.32. The van der Waals surface area contributed by atoms with Gasteiger partial charge in [-0.15, -0.1) is 0 Å². The first-order valence-corrected chi connectivity index (χ1v) is 13.6. The van der Waals surface area contributed by atoms with Gasteiger partial charge in [-0.25, -0.2) is 0 Å². The third kappa shape index (κ3) is 12.3. The van der Waals surface area contributed by atoms with Crippen molar-refractivity contribution in [1.82, 2.24) is 0 Å². The predicted octanol–water partition coefficient (Wildman–Crippen LogP) is 7.58. The van der Waals surface area contributed by atoms with E-state index < -0.39 is 0 Å². The highest BCUT2D eigenvalue weighted by molar-refractivity contribution is 5.75. The molecule has 0 aromatic rings. The SMILES string of the molecule is CCC(C)CCCC(C)COC(=O)C1CCC(C(=O)OCC(C)CCCC(C)CC)CC1. The molecule has 1 aliphatic carbocycles. The summed E-state index contributed by atoms with van der Waals surface area (Å²) >= 11 is 0. The molecule has 0 heterocycles. The van der Waals surface area contributed by atoms with Gasteiger partial charge in [0.1, 0.15) is 0 Å². The van der Waals surface area contributed by atoms with Crippen LogP contribution in [0.15, 0.2) is 0 Å². The van der Waals surface area contributed by atoms with E-state index in [1.165, 1.54) is 38.5 Å². The van der Waals surface area contributed by atoms with Crippen molar-refractivity contribution in [3.8, 4) is 0 Å². The van der Waals surface area contributed by atoms with Gasteiger partial charge in [0, 0.05) is 0 Å². The van der Waals surface area contributed by atoms with Crippen molar-refractivity contribution in [2.24, 2.45) is 35.5 Å². The van der Waals surface area contributed by atoms with E-state index in [2.05, 4.69) is 41.5 Å². The highest BCUT2D eigenvalue weighted by atomic mass is 16.5. The molecule has 4 unspecified atom stereocenters. The lowest BCUT2D eigenvalue weighted by atomic mass is 9.82. The van der Waals surface area contributed by atoms with E-state index in [0.29, 0.717) is 25.0 Å². The molecule has 4 nitrogen and oxygen atoms in total. The van der Waals surface area contributed by atoms with Crippen molar-refractivity contribution in [3.63, 3.8) is 0 Å². The maximum atomic E-state index is 12.5. The molecule has 0 amide bonds. The first-order chi connectivity index (χ1) is 15.3. The third-order valence-corrected chi connectivity index (χ3v) is 7.60. The van der Waals surface area contributed by atoms with Crippen molar-refractivity contribution in [2.75, 3.05) is 13.2 Å². The summed E-state index contributed by atoms with van der Waals surface area (Å²) in [5.74, 6) is 2.16. The Morgan fingerprint density at radius 2 is 0.938 bits per heavy atom. The van der Waals surface area contributed by atoms with Crippen molar-refractivity contribution >= 4 is 11.9 Å². The van der Waals surface area contributed by atoms with Gasteiger partial charge in [-0.1, -0.05) is 80.1 Å². The molecule has 0 radical (unpaired) electrons. The van der Waals surface area contributed by atoms with Crippen molar-refractivity contribution in [1.29, 1.82) is 0 Å². The van der Waals surface area contributed by atoms with Gasteiger partial charge >= 0.3 is 11.9 Å². The maximum absolute atomic E-state index is 12.5. The summed E-state index contributed by atoms with van der Waals surface area (Å²) in [7, 11) is 0. The van der Waals surface area contributed by atoms with Crippen LogP contribution in [0.25, 0.3) is 0 Å². The second-order valence-corrected chi connectivity index (χ2v) is 10.9. The van der Waals surface area contributed by atoms with Gasteiger partial charge in [0.15, 0.2) is 0 Å². The zero-order valence-electron chi connectivity index (χ0n) is 22.0. The summed E-state index contributed by atoms with van der Waals surface area (Å²) < 4.78 is 11.2. The van der Waals surface area contributed by atoms with Gasteiger partial charge in [-0.3, -0.25) is 9.59 Å². The molecule has 32 heavy (non-hydrogen) atoms. The number of carbonyl (C=O) groups excluding carboxylic acids is 2. The Bertz CT molecular complexity index is 464. The lowest BCUT2D eigenvalue weighted by Gasteiger charge is -2.26. The van der Waals surface area contributed by atoms with Gasteiger partial charge in [0.2, 0.25) is 0 Å². The lowest BCUT2D eigenvalue weighted by Crippen LogP contribution is -2.29. The molecule has 0 aromatic carbocycles. The van der Waals surface area contributed by atoms with E-state index in [4.69, 9.17) is 9.47 Å². The van der Waals surface area contributed by atoms with Crippen LogP contribution in [-0.2, 0) is 19.1 Å². The van der Waals surface area contributed by atoms with Gasteiger partial charge in [-0.2, -0.15) is 0 Å². The van der Waals surface area contributed by atoms with Crippen LogP contribution in [0.2, 0.25) is 0 Å². The molecule has 0 N–H and O–H groups in total. The fourth-order valence-electron chi connectivity index (χ4n) is 4.45. The van der Waals surface area contributed by atoms with Crippen molar-refractivity contribution in [2.45, 2.75) is 119 Å². The van der Waals surface area contributed by atoms with Crippen LogP contribution in [0.4, 0.5) is 0 Å². The van der Waals surface area contributed by atoms with Crippen LogP contribution in [0.3, 0.4) is 0 Å². The van der Waals surface area contributed by atoms with Gasteiger partial charge in [0.05, 0.1) is 25.0 Å². The second kappa shape index (κ2) is 16.5. The minimum absolute atomic E-state index is 0.0501. The summed E-state index contributed by atoms with van der Waals surface area (Å²) in [6, 6.07) is 0. The van der Waals surface area contributed by atoms with E-state index in [1.54, 1.807) is 0 Å².